The van der Waals surface area contributed by atoms with Gasteiger partial charge < -0.3 is 28.5 Å². The van der Waals surface area contributed by atoms with Crippen molar-refractivity contribution in [2.24, 2.45) is 0 Å². The lowest BCUT2D eigenvalue weighted by molar-refractivity contribution is -0.870. The Morgan fingerprint density at radius 2 is 0.853 bits per heavy atom. The standard InChI is InChI=1S/C65H121N2O7P/c1-7-10-13-16-19-22-25-28-30-31-32-33-34-35-36-37-38-39-42-45-48-51-54-57-64(68)66-62(61-73-75(70,71)72-60-59-67(4,5)6)63(56-53-50-47-44-41-27-24-21-18-15-12-9-3)74-65(69)58-55-52-49-46-43-40-29-26-23-20-17-14-11-8-2/h11,14,19-20,22-23,28,30,53,56,62-63H,7-10,12-13,15-18,21,24-27,29,31-52,54-55,57-61H2,1-6H3,(H-,66,68,70,71)/b14-11+,22-19-,23-20+,30-28-,56-53-. The Kier molecular flexibility index (Phi) is 53.4. The van der Waals surface area contributed by atoms with Crippen molar-refractivity contribution in [2.45, 2.75) is 303 Å². The van der Waals surface area contributed by atoms with Crippen LogP contribution >= 0.6 is 7.82 Å². The van der Waals surface area contributed by atoms with Gasteiger partial charge in [0.25, 0.3) is 7.82 Å². The molecule has 438 valence electrons. The molecule has 0 aromatic rings. The van der Waals surface area contributed by atoms with Crippen LogP contribution < -0.4 is 10.2 Å². The van der Waals surface area contributed by atoms with Gasteiger partial charge in [-0.3, -0.25) is 14.2 Å². The quantitative estimate of drug-likeness (QED) is 0.0212. The first-order chi connectivity index (χ1) is 36.4. The average Bonchev–Trinajstić information content (AvgIpc) is 3.37. The summed E-state index contributed by atoms with van der Waals surface area (Å²) in [7, 11) is 1.18. The first kappa shape index (κ1) is 72.7. The zero-order valence-corrected chi connectivity index (χ0v) is 50.9. The maximum Gasteiger partial charge on any atom is 0.306 e. The van der Waals surface area contributed by atoms with Crippen molar-refractivity contribution >= 4 is 19.7 Å². The maximum absolute atomic E-state index is 13.5. The van der Waals surface area contributed by atoms with E-state index in [-0.39, 0.29) is 24.9 Å². The molecule has 0 aromatic carbocycles. The molecule has 1 N–H and O–H groups in total. The third-order valence-corrected chi connectivity index (χ3v) is 14.9. The number of carbonyl (C=O) groups excluding carboxylic acids is 2. The molecule has 75 heavy (non-hydrogen) atoms. The molecular weight excluding hydrogens is 952 g/mol. The zero-order valence-electron chi connectivity index (χ0n) is 50.0. The van der Waals surface area contributed by atoms with E-state index in [9.17, 15) is 19.0 Å². The molecule has 0 radical (unpaired) electrons. The van der Waals surface area contributed by atoms with Crippen LogP contribution in [0.15, 0.2) is 60.8 Å². The Bertz CT molecular complexity index is 1470. The minimum absolute atomic E-state index is 0.0243. The summed E-state index contributed by atoms with van der Waals surface area (Å²) in [5.41, 5.74) is 0. The second kappa shape index (κ2) is 55.0. The van der Waals surface area contributed by atoms with Gasteiger partial charge in [0, 0.05) is 12.8 Å². The van der Waals surface area contributed by atoms with Gasteiger partial charge in [-0.1, -0.05) is 249 Å². The number of likely N-dealkylation sites (N-methyl/N-ethyl adjacent to an activating group) is 1. The molecule has 0 aliphatic heterocycles. The molecule has 9 nitrogen and oxygen atoms in total. The molecule has 0 bridgehead atoms. The summed E-state index contributed by atoms with van der Waals surface area (Å²) in [6.45, 7) is 6.72. The number of rotatable bonds is 57. The van der Waals surface area contributed by atoms with Gasteiger partial charge in [-0.05, 0) is 89.5 Å². The van der Waals surface area contributed by atoms with Crippen LogP contribution in [0, 0.1) is 0 Å². The lowest BCUT2D eigenvalue weighted by atomic mass is 10.0. The van der Waals surface area contributed by atoms with Gasteiger partial charge in [0.15, 0.2) is 0 Å². The number of amides is 1. The van der Waals surface area contributed by atoms with Gasteiger partial charge in [-0.15, -0.1) is 0 Å². The van der Waals surface area contributed by atoms with E-state index in [0.717, 1.165) is 89.9 Å². The number of allylic oxidation sites excluding steroid dienone is 9. The van der Waals surface area contributed by atoms with E-state index in [0.29, 0.717) is 17.4 Å². The summed E-state index contributed by atoms with van der Waals surface area (Å²) in [5.74, 6) is -0.545. The molecule has 0 aromatic heterocycles. The predicted octanol–water partition coefficient (Wildman–Crippen LogP) is 18.8. The van der Waals surface area contributed by atoms with Crippen molar-refractivity contribution in [3.63, 3.8) is 0 Å². The van der Waals surface area contributed by atoms with Crippen LogP contribution in [0.1, 0.15) is 290 Å². The van der Waals surface area contributed by atoms with Gasteiger partial charge in [0.05, 0.1) is 33.8 Å². The van der Waals surface area contributed by atoms with E-state index in [1.54, 1.807) is 0 Å². The number of unbranched alkanes of at least 4 members (excludes halogenated alkanes) is 33. The average molecular weight is 1070 g/mol. The summed E-state index contributed by atoms with van der Waals surface area (Å²) >= 11 is 0. The van der Waals surface area contributed by atoms with E-state index in [2.05, 4.69) is 74.7 Å². The highest BCUT2D eigenvalue weighted by Crippen LogP contribution is 2.38. The molecule has 1 amide bonds. The largest absolute Gasteiger partial charge is 0.756 e. The van der Waals surface area contributed by atoms with Crippen molar-refractivity contribution in [3.8, 4) is 0 Å². The Hall–Kier alpha value is -2.29. The fraction of sp³-hybridized carbons (Fsp3) is 0.815. The highest BCUT2D eigenvalue weighted by Gasteiger charge is 2.27. The van der Waals surface area contributed by atoms with Gasteiger partial charge >= 0.3 is 5.97 Å². The number of quaternary nitrogens is 1. The van der Waals surface area contributed by atoms with E-state index < -0.39 is 26.6 Å². The lowest BCUT2D eigenvalue weighted by Crippen LogP contribution is -2.47. The highest BCUT2D eigenvalue weighted by atomic mass is 31.2. The summed E-state index contributed by atoms with van der Waals surface area (Å²) in [6, 6.07) is -0.892. The molecule has 10 heteroatoms. The highest BCUT2D eigenvalue weighted by molar-refractivity contribution is 7.45. The summed E-state index contributed by atoms with van der Waals surface area (Å²) in [4.78, 5) is 40.0. The van der Waals surface area contributed by atoms with Crippen molar-refractivity contribution in [1.82, 2.24) is 5.32 Å². The molecule has 3 unspecified atom stereocenters. The first-order valence-corrected chi connectivity index (χ1v) is 33.1. The maximum atomic E-state index is 13.5. The minimum atomic E-state index is -4.70. The normalized spacial score (nSPS) is 14.1. The summed E-state index contributed by atoms with van der Waals surface area (Å²) in [6.07, 6.45) is 69.0. The Morgan fingerprint density at radius 3 is 1.29 bits per heavy atom. The monoisotopic (exact) mass is 1070 g/mol. The topological polar surface area (TPSA) is 114 Å². The number of ether oxygens (including phenoxy) is 1. The molecule has 0 aliphatic carbocycles. The van der Waals surface area contributed by atoms with Gasteiger partial charge in [-0.25, -0.2) is 0 Å². The Labute approximate surface area is 464 Å². The molecule has 0 rings (SSSR count). The Morgan fingerprint density at radius 1 is 0.480 bits per heavy atom. The third kappa shape index (κ3) is 56.2. The lowest BCUT2D eigenvalue weighted by Gasteiger charge is -2.30. The van der Waals surface area contributed by atoms with Crippen LogP contribution in [-0.2, 0) is 27.9 Å². The van der Waals surface area contributed by atoms with Crippen LogP contribution in [0.4, 0.5) is 0 Å². The SMILES string of the molecule is CC/C=C/C/C=C/CCCCCCCCCC(=O)OC(/C=C\CCCCCCCCCCCC)C(COP(=O)([O-])OCC[N+](C)(C)C)NC(=O)CCCCCCCCCCCCCCC/C=C\C/C=C\CCCCC. The van der Waals surface area contributed by atoms with Crippen LogP contribution in [0.3, 0.4) is 0 Å². The Balaban J connectivity index is 5.15. The van der Waals surface area contributed by atoms with E-state index in [4.69, 9.17) is 13.8 Å². The van der Waals surface area contributed by atoms with Crippen LogP contribution in [0.2, 0.25) is 0 Å². The molecule has 0 aliphatic rings. The number of hydrogen-bond acceptors (Lipinski definition) is 7. The van der Waals surface area contributed by atoms with E-state index in [1.807, 2.05) is 33.3 Å². The number of carbonyl (C=O) groups is 2. The number of nitrogens with zero attached hydrogens (tertiary/aromatic N) is 1. The molecule has 0 saturated carbocycles. The number of esters is 1. The molecular formula is C65H121N2O7P. The second-order valence-corrected chi connectivity index (χ2v) is 23.9. The minimum Gasteiger partial charge on any atom is -0.756 e. The van der Waals surface area contributed by atoms with Crippen molar-refractivity contribution < 1.29 is 37.3 Å². The number of phosphoric acid groups is 1. The first-order valence-electron chi connectivity index (χ1n) is 31.6. The third-order valence-electron chi connectivity index (χ3n) is 13.9. The van der Waals surface area contributed by atoms with E-state index in [1.165, 1.54) is 167 Å². The summed E-state index contributed by atoms with van der Waals surface area (Å²) < 4.78 is 30.3. The zero-order chi connectivity index (χ0) is 55.0. The molecule has 0 spiro atoms. The number of hydrogen-bond donors (Lipinski definition) is 1. The van der Waals surface area contributed by atoms with Gasteiger partial charge in [-0.2, -0.15) is 0 Å². The number of nitrogens with one attached hydrogen (secondary N) is 1. The fourth-order valence-corrected chi connectivity index (χ4v) is 9.78. The van der Waals surface area contributed by atoms with E-state index >= 15 is 0 Å². The van der Waals surface area contributed by atoms with Crippen molar-refractivity contribution in [1.29, 1.82) is 0 Å². The van der Waals surface area contributed by atoms with Gasteiger partial charge in [0.1, 0.15) is 19.3 Å². The molecule has 3 atom stereocenters. The summed E-state index contributed by atoms with van der Waals surface area (Å²) in [5, 5.41) is 3.03. The van der Waals surface area contributed by atoms with Gasteiger partial charge in [0.2, 0.25) is 5.91 Å². The smallest absolute Gasteiger partial charge is 0.306 e. The van der Waals surface area contributed by atoms with Crippen LogP contribution in [0.25, 0.3) is 0 Å². The molecule has 0 saturated heterocycles. The second-order valence-electron chi connectivity index (χ2n) is 22.5. The number of phosphoric ester groups is 1. The molecule has 0 fully saturated rings. The van der Waals surface area contributed by atoms with Crippen LogP contribution in [0.5, 0.6) is 0 Å². The molecule has 0 heterocycles. The predicted molar refractivity (Wildman–Crippen MR) is 321 cm³/mol. The fourth-order valence-electron chi connectivity index (χ4n) is 9.06. The van der Waals surface area contributed by atoms with Crippen molar-refractivity contribution in [3.05, 3.63) is 60.8 Å². The van der Waals surface area contributed by atoms with Crippen LogP contribution in [-0.4, -0.2) is 69.4 Å². The van der Waals surface area contributed by atoms with Crippen molar-refractivity contribution in [2.75, 3.05) is 40.9 Å².